The minimum absolute atomic E-state index is 0.235. The molecule has 16 heavy (non-hydrogen) atoms. The second-order valence-electron chi connectivity index (χ2n) is 6.29. The number of rotatable bonds is 2. The fourth-order valence-electron chi connectivity index (χ4n) is 2.78. The molecule has 2 rings (SSSR count). The van der Waals surface area contributed by atoms with Crippen molar-refractivity contribution in [3.8, 4) is 0 Å². The highest BCUT2D eigenvalue weighted by Gasteiger charge is 2.51. The maximum absolute atomic E-state index is 12.0. The standard InChI is InChI=1S/C13H24N2O/c1-8-5-6-14-9(2)11(8)15-12(16)10-7-13(10,3)4/h8-11,14H,5-7H2,1-4H3,(H,15,16). The number of nitrogens with one attached hydrogen (secondary N) is 2. The zero-order valence-corrected chi connectivity index (χ0v) is 10.8. The van der Waals surface area contributed by atoms with Crippen LogP contribution in [0.15, 0.2) is 0 Å². The van der Waals surface area contributed by atoms with E-state index >= 15 is 0 Å². The van der Waals surface area contributed by atoms with Crippen molar-refractivity contribution in [2.75, 3.05) is 6.54 Å². The maximum Gasteiger partial charge on any atom is 0.223 e. The number of piperidine rings is 1. The Morgan fingerprint density at radius 2 is 2.00 bits per heavy atom. The Labute approximate surface area is 98.4 Å². The Morgan fingerprint density at radius 3 is 2.50 bits per heavy atom. The molecule has 4 atom stereocenters. The van der Waals surface area contributed by atoms with E-state index in [0.29, 0.717) is 18.0 Å². The van der Waals surface area contributed by atoms with Crippen LogP contribution in [0.3, 0.4) is 0 Å². The molecule has 3 heteroatoms. The van der Waals surface area contributed by atoms with Gasteiger partial charge in [-0.25, -0.2) is 0 Å². The SMILES string of the molecule is CC1CCNC(C)C1NC(=O)C1CC1(C)C. The molecular weight excluding hydrogens is 200 g/mol. The molecule has 0 bridgehead atoms. The summed E-state index contributed by atoms with van der Waals surface area (Å²) >= 11 is 0. The summed E-state index contributed by atoms with van der Waals surface area (Å²) in [7, 11) is 0. The molecule has 1 aliphatic heterocycles. The van der Waals surface area contributed by atoms with Crippen molar-refractivity contribution in [2.24, 2.45) is 17.3 Å². The molecule has 1 saturated carbocycles. The van der Waals surface area contributed by atoms with Crippen molar-refractivity contribution < 1.29 is 4.79 Å². The Morgan fingerprint density at radius 1 is 1.38 bits per heavy atom. The molecule has 2 fully saturated rings. The van der Waals surface area contributed by atoms with Crippen LogP contribution in [-0.4, -0.2) is 24.5 Å². The van der Waals surface area contributed by atoms with Gasteiger partial charge in [0.1, 0.15) is 0 Å². The van der Waals surface area contributed by atoms with Crippen molar-refractivity contribution in [3.05, 3.63) is 0 Å². The van der Waals surface area contributed by atoms with Gasteiger partial charge in [-0.2, -0.15) is 0 Å². The van der Waals surface area contributed by atoms with E-state index in [1.807, 2.05) is 0 Å². The molecule has 92 valence electrons. The third kappa shape index (κ3) is 2.24. The highest BCUT2D eigenvalue weighted by molar-refractivity contribution is 5.82. The van der Waals surface area contributed by atoms with E-state index in [4.69, 9.17) is 0 Å². The molecule has 1 saturated heterocycles. The first-order valence-electron chi connectivity index (χ1n) is 6.45. The van der Waals surface area contributed by atoms with Crippen LogP contribution >= 0.6 is 0 Å². The van der Waals surface area contributed by atoms with Crippen LogP contribution in [0, 0.1) is 17.3 Å². The lowest BCUT2D eigenvalue weighted by molar-refractivity contribution is -0.124. The van der Waals surface area contributed by atoms with Crippen LogP contribution in [0.5, 0.6) is 0 Å². The van der Waals surface area contributed by atoms with E-state index in [2.05, 4.69) is 38.3 Å². The van der Waals surface area contributed by atoms with Crippen LogP contribution in [0.1, 0.15) is 40.5 Å². The average molecular weight is 224 g/mol. The quantitative estimate of drug-likeness (QED) is 0.747. The molecule has 0 aromatic heterocycles. The van der Waals surface area contributed by atoms with Gasteiger partial charge in [0.2, 0.25) is 5.91 Å². The molecule has 0 aromatic carbocycles. The molecule has 1 heterocycles. The normalized spacial score (nSPS) is 41.5. The minimum atomic E-state index is 0.235. The Balaban J connectivity index is 1.91. The van der Waals surface area contributed by atoms with Gasteiger partial charge in [-0.3, -0.25) is 4.79 Å². The first-order chi connectivity index (χ1) is 7.42. The summed E-state index contributed by atoms with van der Waals surface area (Å²) in [6.07, 6.45) is 2.20. The van der Waals surface area contributed by atoms with E-state index in [1.165, 1.54) is 0 Å². The fraction of sp³-hybridized carbons (Fsp3) is 0.923. The summed E-state index contributed by atoms with van der Waals surface area (Å²) in [4.78, 5) is 12.0. The van der Waals surface area contributed by atoms with Gasteiger partial charge in [0.25, 0.3) is 0 Å². The summed E-state index contributed by atoms with van der Waals surface area (Å²) < 4.78 is 0. The average Bonchev–Trinajstić information content (AvgIpc) is 2.82. The van der Waals surface area contributed by atoms with Crippen LogP contribution in [-0.2, 0) is 4.79 Å². The van der Waals surface area contributed by atoms with Gasteiger partial charge >= 0.3 is 0 Å². The molecule has 0 aromatic rings. The van der Waals surface area contributed by atoms with Gasteiger partial charge in [-0.15, -0.1) is 0 Å². The molecule has 0 radical (unpaired) electrons. The molecule has 3 nitrogen and oxygen atoms in total. The molecule has 1 aliphatic carbocycles. The highest BCUT2D eigenvalue weighted by atomic mass is 16.2. The predicted octanol–water partition coefficient (Wildman–Crippen LogP) is 1.54. The topological polar surface area (TPSA) is 41.1 Å². The fourth-order valence-corrected chi connectivity index (χ4v) is 2.78. The summed E-state index contributed by atoms with van der Waals surface area (Å²) in [5.74, 6) is 1.09. The molecular formula is C13H24N2O. The lowest BCUT2D eigenvalue weighted by Gasteiger charge is -2.36. The monoisotopic (exact) mass is 224 g/mol. The third-order valence-electron chi connectivity index (χ3n) is 4.36. The van der Waals surface area contributed by atoms with E-state index in [1.54, 1.807) is 0 Å². The van der Waals surface area contributed by atoms with Crippen LogP contribution < -0.4 is 10.6 Å². The predicted molar refractivity (Wildman–Crippen MR) is 65.1 cm³/mol. The van der Waals surface area contributed by atoms with Crippen molar-refractivity contribution in [2.45, 2.75) is 52.6 Å². The van der Waals surface area contributed by atoms with Gasteiger partial charge in [-0.1, -0.05) is 20.8 Å². The minimum Gasteiger partial charge on any atom is -0.351 e. The second-order valence-corrected chi connectivity index (χ2v) is 6.29. The van der Waals surface area contributed by atoms with Crippen molar-refractivity contribution in [1.82, 2.24) is 10.6 Å². The number of hydrogen-bond acceptors (Lipinski definition) is 2. The van der Waals surface area contributed by atoms with Gasteiger partial charge in [0.15, 0.2) is 0 Å². The van der Waals surface area contributed by atoms with E-state index in [-0.39, 0.29) is 17.2 Å². The number of carbonyl (C=O) groups is 1. The maximum atomic E-state index is 12.0. The Bertz CT molecular complexity index is 278. The Kier molecular flexibility index (Phi) is 2.99. The molecule has 2 N–H and O–H groups in total. The summed E-state index contributed by atoms with van der Waals surface area (Å²) in [6, 6.07) is 0.701. The Hall–Kier alpha value is -0.570. The van der Waals surface area contributed by atoms with E-state index < -0.39 is 0 Å². The smallest absolute Gasteiger partial charge is 0.223 e. The van der Waals surface area contributed by atoms with Gasteiger partial charge < -0.3 is 10.6 Å². The van der Waals surface area contributed by atoms with E-state index in [0.717, 1.165) is 19.4 Å². The summed E-state index contributed by atoms with van der Waals surface area (Å²) in [5.41, 5.74) is 0.235. The first kappa shape index (κ1) is 11.9. The van der Waals surface area contributed by atoms with Gasteiger partial charge in [0, 0.05) is 18.0 Å². The largest absolute Gasteiger partial charge is 0.351 e. The molecule has 1 amide bonds. The molecule has 2 aliphatic rings. The van der Waals surface area contributed by atoms with Crippen LogP contribution in [0.25, 0.3) is 0 Å². The second kappa shape index (κ2) is 4.02. The highest BCUT2D eigenvalue weighted by Crippen LogP contribution is 2.51. The third-order valence-corrected chi connectivity index (χ3v) is 4.36. The zero-order valence-electron chi connectivity index (χ0n) is 10.8. The molecule has 4 unspecified atom stereocenters. The zero-order chi connectivity index (χ0) is 11.9. The number of hydrogen-bond donors (Lipinski definition) is 2. The van der Waals surface area contributed by atoms with Crippen molar-refractivity contribution in [1.29, 1.82) is 0 Å². The van der Waals surface area contributed by atoms with Crippen LogP contribution in [0.4, 0.5) is 0 Å². The summed E-state index contributed by atoms with van der Waals surface area (Å²) in [5, 5.41) is 6.67. The van der Waals surface area contributed by atoms with Crippen LogP contribution in [0.2, 0.25) is 0 Å². The van der Waals surface area contributed by atoms with Crippen molar-refractivity contribution in [3.63, 3.8) is 0 Å². The number of amides is 1. The molecule has 0 spiro atoms. The summed E-state index contributed by atoms with van der Waals surface area (Å²) in [6.45, 7) is 9.81. The van der Waals surface area contributed by atoms with E-state index in [9.17, 15) is 4.79 Å². The lowest BCUT2D eigenvalue weighted by atomic mass is 9.89. The van der Waals surface area contributed by atoms with Crippen molar-refractivity contribution >= 4 is 5.91 Å². The number of carbonyl (C=O) groups excluding carboxylic acids is 1. The lowest BCUT2D eigenvalue weighted by Crippen LogP contribution is -2.56. The van der Waals surface area contributed by atoms with Gasteiger partial charge in [-0.05, 0) is 37.6 Å². The first-order valence-corrected chi connectivity index (χ1v) is 6.45. The van der Waals surface area contributed by atoms with Gasteiger partial charge in [0.05, 0.1) is 0 Å².